The van der Waals surface area contributed by atoms with Gasteiger partial charge in [-0.2, -0.15) is 0 Å². The maximum atomic E-state index is 13.2. The quantitative estimate of drug-likeness (QED) is 0.371. The van der Waals surface area contributed by atoms with Gasteiger partial charge >= 0.3 is 0 Å². The summed E-state index contributed by atoms with van der Waals surface area (Å²) < 4.78 is 7.69. The van der Waals surface area contributed by atoms with Gasteiger partial charge in [-0.1, -0.05) is 37.1 Å². The first-order valence-corrected chi connectivity index (χ1v) is 13.1. The average molecular weight is 483 g/mol. The number of fused-ring (bicyclic) bond motifs is 1. The molecule has 2 aromatic heterocycles. The van der Waals surface area contributed by atoms with Crippen LogP contribution in [0.15, 0.2) is 40.9 Å². The number of nitrogens with one attached hydrogen (secondary N) is 1. The van der Waals surface area contributed by atoms with Crippen LogP contribution in [0.25, 0.3) is 0 Å². The molecule has 0 saturated heterocycles. The third-order valence-electron chi connectivity index (χ3n) is 6.14. The minimum atomic E-state index is -0.343. The van der Waals surface area contributed by atoms with E-state index in [4.69, 9.17) is 4.74 Å². The first-order valence-electron chi connectivity index (χ1n) is 11.3. The third kappa shape index (κ3) is 4.84. The van der Waals surface area contributed by atoms with Crippen molar-refractivity contribution in [1.82, 2.24) is 14.8 Å². The lowest BCUT2D eigenvalue weighted by atomic mass is 9.95. The molecule has 1 fully saturated rings. The number of nitrogens with zero attached hydrogens (tertiary/aromatic N) is 3. The number of Topliss-reactive ketones (excluding diaryl/α,β-unsaturated/α-hetero) is 1. The van der Waals surface area contributed by atoms with Crippen LogP contribution in [0.2, 0.25) is 0 Å². The molecule has 2 aliphatic rings. The van der Waals surface area contributed by atoms with Crippen molar-refractivity contribution < 1.29 is 14.3 Å². The maximum absolute atomic E-state index is 13.2. The second kappa shape index (κ2) is 9.69. The summed E-state index contributed by atoms with van der Waals surface area (Å²) in [7, 11) is 0. The van der Waals surface area contributed by atoms with E-state index in [9.17, 15) is 9.59 Å². The first kappa shape index (κ1) is 22.2. The average Bonchev–Trinajstić information content (AvgIpc) is 3.49. The molecule has 1 amide bonds. The van der Waals surface area contributed by atoms with Crippen molar-refractivity contribution in [2.75, 3.05) is 11.9 Å². The fourth-order valence-electron chi connectivity index (χ4n) is 4.47. The molecule has 1 aliphatic carbocycles. The lowest BCUT2D eigenvalue weighted by molar-refractivity contribution is -0.118. The summed E-state index contributed by atoms with van der Waals surface area (Å²) in [5, 5.41) is 14.4. The Hall–Kier alpha value is -2.65. The molecule has 1 N–H and O–H groups in total. The van der Waals surface area contributed by atoms with Crippen LogP contribution in [0.4, 0.5) is 5.69 Å². The fourth-order valence-corrected chi connectivity index (χ4v) is 6.18. The number of ether oxygens (including phenoxy) is 1. The first-order chi connectivity index (χ1) is 16.1. The number of hydrogen-bond donors (Lipinski definition) is 1. The number of hydrogen-bond acceptors (Lipinski definition) is 7. The summed E-state index contributed by atoms with van der Waals surface area (Å²) >= 11 is 3.19. The van der Waals surface area contributed by atoms with E-state index in [-0.39, 0.29) is 23.5 Å². The standard InChI is InChI=1S/C24H26N4O3S2/c1-15(23(30)16-9-10-20-19(12-16)25-22(29)14-31-20)33-24-27-26-21(13-18-8-5-11-32-18)28(24)17-6-3-2-4-7-17/h5,8-12,15,17H,2-4,6-7,13-14H2,1H3,(H,25,29). The van der Waals surface area contributed by atoms with Crippen molar-refractivity contribution in [1.29, 1.82) is 0 Å². The van der Waals surface area contributed by atoms with Gasteiger partial charge in [0.05, 0.1) is 10.9 Å². The molecule has 1 saturated carbocycles. The van der Waals surface area contributed by atoms with E-state index >= 15 is 0 Å². The molecule has 3 aromatic rings. The van der Waals surface area contributed by atoms with E-state index in [0.717, 1.165) is 30.2 Å². The van der Waals surface area contributed by atoms with E-state index < -0.39 is 0 Å². The highest BCUT2D eigenvalue weighted by atomic mass is 32.2. The van der Waals surface area contributed by atoms with Crippen LogP contribution in [-0.2, 0) is 11.2 Å². The number of thiophene rings is 1. The highest BCUT2D eigenvalue weighted by Crippen LogP contribution is 2.36. The zero-order chi connectivity index (χ0) is 22.8. The number of ketones is 1. The second-order valence-electron chi connectivity index (χ2n) is 8.49. The van der Waals surface area contributed by atoms with Gasteiger partial charge in [0.25, 0.3) is 5.91 Å². The van der Waals surface area contributed by atoms with Crippen LogP contribution in [0.3, 0.4) is 0 Å². The molecular weight excluding hydrogens is 456 g/mol. The number of carbonyl (C=O) groups excluding carboxylic acids is 2. The number of carbonyl (C=O) groups is 2. The topological polar surface area (TPSA) is 86.1 Å². The van der Waals surface area contributed by atoms with E-state index in [1.165, 1.54) is 35.9 Å². The smallest absolute Gasteiger partial charge is 0.262 e. The summed E-state index contributed by atoms with van der Waals surface area (Å²) in [6, 6.07) is 9.75. The Balaban J connectivity index is 1.37. The van der Waals surface area contributed by atoms with Crippen LogP contribution in [0.1, 0.15) is 66.1 Å². The number of aromatic nitrogens is 3. The number of benzene rings is 1. The van der Waals surface area contributed by atoms with Crippen molar-refractivity contribution in [2.24, 2.45) is 0 Å². The van der Waals surface area contributed by atoms with E-state index in [1.54, 1.807) is 29.5 Å². The van der Waals surface area contributed by atoms with Gasteiger partial charge in [0.15, 0.2) is 17.5 Å². The fraction of sp³-hybridized carbons (Fsp3) is 0.417. The van der Waals surface area contributed by atoms with Crippen molar-refractivity contribution in [3.8, 4) is 5.75 Å². The SMILES string of the molecule is CC(Sc1nnc(Cc2cccs2)n1C1CCCCC1)C(=O)c1ccc2c(c1)NC(=O)CO2. The summed E-state index contributed by atoms with van der Waals surface area (Å²) in [6.45, 7) is 1.90. The molecule has 7 nitrogen and oxygen atoms in total. The van der Waals surface area contributed by atoms with Gasteiger partial charge in [-0.3, -0.25) is 9.59 Å². The molecule has 0 spiro atoms. The van der Waals surface area contributed by atoms with Gasteiger partial charge in [-0.25, -0.2) is 0 Å². The van der Waals surface area contributed by atoms with Crippen molar-refractivity contribution in [3.05, 3.63) is 52.0 Å². The molecule has 5 rings (SSSR count). The van der Waals surface area contributed by atoms with Gasteiger partial charge in [0, 0.05) is 22.9 Å². The van der Waals surface area contributed by atoms with Crippen LogP contribution in [-0.4, -0.2) is 38.3 Å². The molecule has 33 heavy (non-hydrogen) atoms. The maximum Gasteiger partial charge on any atom is 0.262 e. The summed E-state index contributed by atoms with van der Waals surface area (Å²) in [5.41, 5.74) is 1.08. The lowest BCUT2D eigenvalue weighted by Crippen LogP contribution is -2.26. The minimum absolute atomic E-state index is 0.00280. The zero-order valence-electron chi connectivity index (χ0n) is 18.5. The number of amides is 1. The van der Waals surface area contributed by atoms with Gasteiger partial charge in [-0.15, -0.1) is 21.5 Å². The van der Waals surface area contributed by atoms with Crippen molar-refractivity contribution >= 4 is 40.5 Å². The molecule has 172 valence electrons. The summed E-state index contributed by atoms with van der Waals surface area (Å²) in [5.74, 6) is 1.33. The minimum Gasteiger partial charge on any atom is -0.482 e. The molecule has 3 heterocycles. The zero-order valence-corrected chi connectivity index (χ0v) is 20.1. The van der Waals surface area contributed by atoms with Gasteiger partial charge in [0.1, 0.15) is 11.6 Å². The molecule has 1 aromatic carbocycles. The molecule has 1 unspecified atom stereocenters. The molecular formula is C24H26N4O3S2. The van der Waals surface area contributed by atoms with Crippen LogP contribution in [0, 0.1) is 0 Å². The predicted octanol–water partition coefficient (Wildman–Crippen LogP) is 5.13. The molecule has 9 heteroatoms. The highest BCUT2D eigenvalue weighted by Gasteiger charge is 2.27. The Morgan fingerprint density at radius 2 is 2.12 bits per heavy atom. The van der Waals surface area contributed by atoms with Gasteiger partial charge in [-0.05, 0) is 49.4 Å². The van der Waals surface area contributed by atoms with Crippen molar-refractivity contribution in [2.45, 2.75) is 61.9 Å². The number of thioether (sulfide) groups is 1. The Morgan fingerprint density at radius 3 is 2.91 bits per heavy atom. The molecule has 0 bridgehead atoms. The van der Waals surface area contributed by atoms with Crippen LogP contribution < -0.4 is 10.1 Å². The number of rotatable bonds is 7. The molecule has 1 aliphatic heterocycles. The Bertz CT molecular complexity index is 1150. The Labute approximate surface area is 200 Å². The van der Waals surface area contributed by atoms with Gasteiger partial charge in [0.2, 0.25) is 0 Å². The lowest BCUT2D eigenvalue weighted by Gasteiger charge is -2.26. The summed E-state index contributed by atoms with van der Waals surface area (Å²) in [6.07, 6.45) is 6.70. The third-order valence-corrected chi connectivity index (χ3v) is 8.07. The Kier molecular flexibility index (Phi) is 6.50. The van der Waals surface area contributed by atoms with E-state index in [1.807, 2.05) is 6.92 Å². The van der Waals surface area contributed by atoms with E-state index in [2.05, 4.69) is 37.6 Å². The van der Waals surface area contributed by atoms with Crippen molar-refractivity contribution in [3.63, 3.8) is 0 Å². The largest absolute Gasteiger partial charge is 0.482 e. The normalized spacial score (nSPS) is 17.2. The Morgan fingerprint density at radius 1 is 1.27 bits per heavy atom. The van der Waals surface area contributed by atoms with Crippen LogP contribution >= 0.6 is 23.1 Å². The number of anilines is 1. The molecule has 0 radical (unpaired) electrons. The van der Waals surface area contributed by atoms with E-state index in [0.29, 0.717) is 23.0 Å². The van der Waals surface area contributed by atoms with Crippen LogP contribution in [0.5, 0.6) is 5.75 Å². The highest BCUT2D eigenvalue weighted by molar-refractivity contribution is 8.00. The monoisotopic (exact) mass is 482 g/mol. The molecule has 1 atom stereocenters. The van der Waals surface area contributed by atoms with Gasteiger partial charge < -0.3 is 14.6 Å². The second-order valence-corrected chi connectivity index (χ2v) is 10.8. The predicted molar refractivity (Wildman–Crippen MR) is 129 cm³/mol. The summed E-state index contributed by atoms with van der Waals surface area (Å²) in [4.78, 5) is 26.1.